The lowest BCUT2D eigenvalue weighted by molar-refractivity contribution is -0.114. The monoisotopic (exact) mass is 220 g/mol. The van der Waals surface area contributed by atoms with Crippen molar-refractivity contribution in [3.8, 4) is 0 Å². The quantitative estimate of drug-likeness (QED) is 0.797. The average Bonchev–Trinajstić information content (AvgIpc) is 2.09. The zero-order chi connectivity index (χ0) is 8.97. The lowest BCUT2D eigenvalue weighted by Gasteiger charge is -2.01. The molecular weight excluding hydrogens is 211 g/mol. The highest BCUT2D eigenvalue weighted by molar-refractivity contribution is 6.30. The van der Waals surface area contributed by atoms with E-state index in [0.29, 0.717) is 10.7 Å². The van der Waals surface area contributed by atoms with Gasteiger partial charge in [-0.1, -0.05) is 11.6 Å². The van der Waals surface area contributed by atoms with Crippen molar-refractivity contribution < 1.29 is 4.79 Å². The van der Waals surface area contributed by atoms with Crippen LogP contribution in [-0.2, 0) is 4.79 Å². The smallest absolute Gasteiger partial charge is 0.238 e. The summed E-state index contributed by atoms with van der Waals surface area (Å²) in [6.07, 6.45) is 0. The van der Waals surface area contributed by atoms with Gasteiger partial charge in [-0.2, -0.15) is 0 Å². The van der Waals surface area contributed by atoms with Crippen molar-refractivity contribution in [2.45, 2.75) is 0 Å². The summed E-state index contributed by atoms with van der Waals surface area (Å²) < 4.78 is 0. The van der Waals surface area contributed by atoms with Crippen LogP contribution in [0.5, 0.6) is 0 Å². The van der Waals surface area contributed by atoms with Crippen LogP contribution in [0.15, 0.2) is 24.3 Å². The summed E-state index contributed by atoms with van der Waals surface area (Å²) in [7, 11) is 0. The number of amides is 1. The molecule has 0 radical (unpaired) electrons. The molecule has 0 atom stereocenters. The fraction of sp³-hybridized carbons (Fsp3) is 0.125. The van der Waals surface area contributed by atoms with Crippen molar-refractivity contribution in [2.75, 3.05) is 11.9 Å². The van der Waals surface area contributed by atoms with Crippen LogP contribution in [-0.4, -0.2) is 12.5 Å². The lowest BCUT2D eigenvalue weighted by Crippen LogP contribution is -2.21. The van der Waals surface area contributed by atoms with Crippen molar-refractivity contribution in [3.05, 3.63) is 29.3 Å². The molecule has 0 fully saturated rings. The van der Waals surface area contributed by atoms with E-state index in [1.54, 1.807) is 24.3 Å². The Labute approximate surface area is 87.7 Å². The lowest BCUT2D eigenvalue weighted by atomic mass is 10.3. The van der Waals surface area contributed by atoms with Crippen LogP contribution in [0.2, 0.25) is 5.02 Å². The topological polar surface area (TPSA) is 55.1 Å². The maximum absolute atomic E-state index is 10.8. The molecule has 1 amide bonds. The number of nitrogens with one attached hydrogen (secondary N) is 1. The first-order valence-corrected chi connectivity index (χ1v) is 3.85. The number of halogens is 2. The van der Waals surface area contributed by atoms with E-state index in [1.165, 1.54) is 0 Å². The number of carbonyl (C=O) groups excluding carboxylic acids is 1. The Balaban J connectivity index is 0.00000144. The minimum absolute atomic E-state index is 0. The van der Waals surface area contributed by atoms with Gasteiger partial charge in [0.15, 0.2) is 0 Å². The van der Waals surface area contributed by atoms with Gasteiger partial charge < -0.3 is 11.1 Å². The largest absolute Gasteiger partial charge is 0.325 e. The minimum atomic E-state index is -0.211. The van der Waals surface area contributed by atoms with E-state index in [2.05, 4.69) is 5.32 Å². The Morgan fingerprint density at radius 2 is 1.92 bits per heavy atom. The number of benzene rings is 1. The molecule has 0 aliphatic carbocycles. The second-order valence-corrected chi connectivity index (χ2v) is 2.70. The van der Waals surface area contributed by atoms with Gasteiger partial charge >= 0.3 is 0 Å². The molecule has 13 heavy (non-hydrogen) atoms. The normalized spacial score (nSPS) is 8.77. The number of rotatable bonds is 2. The standard InChI is InChI=1S/C8H9ClN2O.ClH/c9-6-1-3-7(4-2-6)11-8(12)5-10;/h1-4H,5,10H2,(H,11,12);1H. The summed E-state index contributed by atoms with van der Waals surface area (Å²) in [4.78, 5) is 10.8. The summed E-state index contributed by atoms with van der Waals surface area (Å²) in [6, 6.07) is 6.84. The van der Waals surface area contributed by atoms with Crippen LogP contribution in [0.3, 0.4) is 0 Å². The van der Waals surface area contributed by atoms with Crippen LogP contribution in [0, 0.1) is 0 Å². The maximum atomic E-state index is 10.8. The van der Waals surface area contributed by atoms with Gasteiger partial charge in [0.1, 0.15) is 0 Å². The van der Waals surface area contributed by atoms with Gasteiger partial charge in [0.2, 0.25) is 5.91 Å². The molecule has 72 valence electrons. The highest BCUT2D eigenvalue weighted by Gasteiger charge is 1.97. The number of hydrogen-bond donors (Lipinski definition) is 2. The molecule has 0 aliphatic heterocycles. The van der Waals surface area contributed by atoms with Crippen molar-refractivity contribution >= 4 is 35.6 Å². The van der Waals surface area contributed by atoms with Crippen molar-refractivity contribution in [2.24, 2.45) is 5.73 Å². The summed E-state index contributed by atoms with van der Waals surface area (Å²) >= 11 is 5.64. The Morgan fingerprint density at radius 1 is 1.38 bits per heavy atom. The third-order valence-corrected chi connectivity index (χ3v) is 1.57. The van der Waals surface area contributed by atoms with Gasteiger partial charge in [0.25, 0.3) is 0 Å². The number of carbonyl (C=O) groups is 1. The molecule has 5 heteroatoms. The third kappa shape index (κ3) is 4.12. The van der Waals surface area contributed by atoms with Crippen molar-refractivity contribution in [1.29, 1.82) is 0 Å². The number of nitrogens with two attached hydrogens (primary N) is 1. The average molecular weight is 221 g/mol. The first-order chi connectivity index (χ1) is 5.72. The molecule has 0 saturated carbocycles. The Bertz CT molecular complexity index is 274. The summed E-state index contributed by atoms with van der Waals surface area (Å²) in [5.74, 6) is -0.211. The first-order valence-electron chi connectivity index (χ1n) is 3.48. The van der Waals surface area contributed by atoms with E-state index in [9.17, 15) is 4.79 Å². The highest BCUT2D eigenvalue weighted by atomic mass is 35.5. The summed E-state index contributed by atoms with van der Waals surface area (Å²) in [5.41, 5.74) is 5.82. The van der Waals surface area contributed by atoms with E-state index in [0.717, 1.165) is 0 Å². The van der Waals surface area contributed by atoms with Gasteiger partial charge in [-0.15, -0.1) is 12.4 Å². The fourth-order valence-corrected chi connectivity index (χ4v) is 0.871. The molecule has 0 bridgehead atoms. The molecule has 1 aromatic carbocycles. The second-order valence-electron chi connectivity index (χ2n) is 2.26. The Kier molecular flexibility index (Phi) is 5.46. The first kappa shape index (κ1) is 12.2. The molecule has 0 aliphatic rings. The van der Waals surface area contributed by atoms with E-state index in [4.69, 9.17) is 17.3 Å². The molecule has 1 rings (SSSR count). The molecule has 0 aromatic heterocycles. The number of anilines is 1. The molecule has 0 heterocycles. The van der Waals surface area contributed by atoms with E-state index >= 15 is 0 Å². The van der Waals surface area contributed by atoms with Crippen LogP contribution in [0.1, 0.15) is 0 Å². The predicted octanol–water partition coefficient (Wildman–Crippen LogP) is 1.66. The van der Waals surface area contributed by atoms with Crippen LogP contribution < -0.4 is 11.1 Å². The molecule has 3 N–H and O–H groups in total. The Morgan fingerprint density at radius 3 is 2.38 bits per heavy atom. The minimum Gasteiger partial charge on any atom is -0.325 e. The predicted molar refractivity (Wildman–Crippen MR) is 56.4 cm³/mol. The van der Waals surface area contributed by atoms with E-state index in [1.807, 2.05) is 0 Å². The highest BCUT2D eigenvalue weighted by Crippen LogP contribution is 2.12. The van der Waals surface area contributed by atoms with Crippen molar-refractivity contribution in [1.82, 2.24) is 0 Å². The Hall–Kier alpha value is -0.770. The number of hydrogen-bond acceptors (Lipinski definition) is 2. The van der Waals surface area contributed by atoms with Gasteiger partial charge in [-0.05, 0) is 24.3 Å². The summed E-state index contributed by atoms with van der Waals surface area (Å²) in [5, 5.41) is 3.24. The van der Waals surface area contributed by atoms with Crippen LogP contribution in [0.4, 0.5) is 5.69 Å². The molecular formula is C8H10Cl2N2O. The molecule has 0 spiro atoms. The molecule has 3 nitrogen and oxygen atoms in total. The van der Waals surface area contributed by atoms with Crippen LogP contribution >= 0.6 is 24.0 Å². The molecule has 1 aromatic rings. The van der Waals surface area contributed by atoms with Crippen LogP contribution in [0.25, 0.3) is 0 Å². The second kappa shape index (κ2) is 5.80. The summed E-state index contributed by atoms with van der Waals surface area (Å²) in [6.45, 7) is -0.0113. The van der Waals surface area contributed by atoms with Gasteiger partial charge in [-0.25, -0.2) is 0 Å². The van der Waals surface area contributed by atoms with Gasteiger partial charge in [-0.3, -0.25) is 4.79 Å². The zero-order valence-electron chi connectivity index (χ0n) is 6.79. The fourth-order valence-electron chi connectivity index (χ4n) is 0.745. The molecule has 0 saturated heterocycles. The van der Waals surface area contributed by atoms with Crippen molar-refractivity contribution in [3.63, 3.8) is 0 Å². The SMILES string of the molecule is Cl.NCC(=O)Nc1ccc(Cl)cc1. The van der Waals surface area contributed by atoms with E-state index < -0.39 is 0 Å². The molecule has 0 unspecified atom stereocenters. The van der Waals surface area contributed by atoms with E-state index in [-0.39, 0.29) is 24.9 Å². The zero-order valence-corrected chi connectivity index (χ0v) is 8.36. The van der Waals surface area contributed by atoms with Gasteiger partial charge in [0, 0.05) is 10.7 Å². The van der Waals surface area contributed by atoms with Gasteiger partial charge in [0.05, 0.1) is 6.54 Å². The maximum Gasteiger partial charge on any atom is 0.238 e. The third-order valence-electron chi connectivity index (χ3n) is 1.31.